The van der Waals surface area contributed by atoms with Crippen LogP contribution in [0.25, 0.3) is 11.0 Å². The Balaban J connectivity index is 1.55. The van der Waals surface area contributed by atoms with Crippen LogP contribution in [0, 0.1) is 0 Å². The van der Waals surface area contributed by atoms with E-state index in [1.165, 1.54) is 6.33 Å². The van der Waals surface area contributed by atoms with Gasteiger partial charge in [-0.05, 0) is 23.8 Å². The van der Waals surface area contributed by atoms with Crippen LogP contribution in [0.1, 0.15) is 18.1 Å². The molecule has 0 bridgehead atoms. The van der Waals surface area contributed by atoms with E-state index in [0.717, 1.165) is 10.9 Å². The number of nitrogen functional groups attached to an aromatic ring is 1. The summed E-state index contributed by atoms with van der Waals surface area (Å²) in [5.41, 5.74) is 7.17. The lowest BCUT2D eigenvalue weighted by molar-refractivity contribution is -0.127. The number of halogens is 1. The van der Waals surface area contributed by atoms with Crippen LogP contribution in [-0.4, -0.2) is 32.4 Å². The van der Waals surface area contributed by atoms with Crippen molar-refractivity contribution in [2.24, 2.45) is 0 Å². The van der Waals surface area contributed by atoms with Gasteiger partial charge < -0.3 is 20.3 Å². The average molecular weight is 347 g/mol. The molecule has 0 spiro atoms. The number of anilines is 1. The van der Waals surface area contributed by atoms with Crippen molar-refractivity contribution >= 4 is 28.5 Å². The number of nitrogens with zero attached hydrogens (tertiary/aromatic N) is 3. The lowest BCUT2D eigenvalue weighted by Crippen LogP contribution is -2.21. The molecule has 0 aliphatic carbocycles. The van der Waals surface area contributed by atoms with Crippen LogP contribution in [0.3, 0.4) is 0 Å². The van der Waals surface area contributed by atoms with Crippen molar-refractivity contribution in [3.8, 4) is 0 Å². The van der Waals surface area contributed by atoms with Crippen LogP contribution in [0.2, 0.25) is 5.02 Å². The molecule has 1 saturated heterocycles. The van der Waals surface area contributed by atoms with Gasteiger partial charge in [0.2, 0.25) is 6.41 Å². The van der Waals surface area contributed by atoms with Crippen molar-refractivity contribution in [1.29, 1.82) is 0 Å². The van der Waals surface area contributed by atoms with Crippen molar-refractivity contribution in [2.45, 2.75) is 18.6 Å². The largest absolute Gasteiger partial charge is 0.386 e. The van der Waals surface area contributed by atoms with E-state index in [-0.39, 0.29) is 6.61 Å². The summed E-state index contributed by atoms with van der Waals surface area (Å²) in [5, 5.41) is 11.8. The van der Waals surface area contributed by atoms with E-state index >= 15 is 0 Å². The Morgan fingerprint density at radius 1 is 1.25 bits per heavy atom. The predicted octanol–water partition coefficient (Wildman–Crippen LogP) is 2.27. The van der Waals surface area contributed by atoms with E-state index in [1.54, 1.807) is 41.1 Å². The molecular formula is C16H15ClN4O3. The lowest BCUT2D eigenvalue weighted by Gasteiger charge is -2.18. The van der Waals surface area contributed by atoms with E-state index in [9.17, 15) is 5.11 Å². The molecule has 8 heteroatoms. The maximum absolute atomic E-state index is 10.5. The van der Waals surface area contributed by atoms with Crippen LogP contribution in [0.5, 0.6) is 0 Å². The summed E-state index contributed by atoms with van der Waals surface area (Å²) in [4.78, 5) is 8.18. The first kappa shape index (κ1) is 15.3. The standard InChI is InChI=1S/C16H15ClN4O3/c17-10-3-1-9(2-4-10)13(22)12-7-23-16(24-12)21-6-5-11-14(18)19-8-20-15(11)21/h1-6,8,12-13,16,22H,7H2,(H2,18,19,20). The van der Waals surface area contributed by atoms with E-state index < -0.39 is 18.6 Å². The number of hydrogen-bond donors (Lipinski definition) is 2. The number of aliphatic hydroxyl groups excluding tert-OH is 1. The van der Waals surface area contributed by atoms with Crippen LogP contribution in [-0.2, 0) is 9.47 Å². The second-order valence-electron chi connectivity index (χ2n) is 5.53. The molecule has 7 nitrogen and oxygen atoms in total. The van der Waals surface area contributed by atoms with Crippen LogP contribution in [0.4, 0.5) is 5.82 Å². The zero-order chi connectivity index (χ0) is 16.7. The minimum absolute atomic E-state index is 0.259. The summed E-state index contributed by atoms with van der Waals surface area (Å²) in [5.74, 6) is 0.398. The van der Waals surface area contributed by atoms with Crippen molar-refractivity contribution in [3.63, 3.8) is 0 Å². The molecule has 124 valence electrons. The predicted molar refractivity (Wildman–Crippen MR) is 88.2 cm³/mol. The highest BCUT2D eigenvalue weighted by molar-refractivity contribution is 6.30. The third kappa shape index (κ3) is 2.61. The van der Waals surface area contributed by atoms with Crippen molar-refractivity contribution in [3.05, 3.63) is 53.4 Å². The summed E-state index contributed by atoms with van der Waals surface area (Å²) in [6.45, 7) is 0.259. The Morgan fingerprint density at radius 3 is 2.83 bits per heavy atom. The molecule has 0 radical (unpaired) electrons. The Kier molecular flexibility index (Phi) is 3.85. The average Bonchev–Trinajstić information content (AvgIpc) is 3.22. The Hall–Kier alpha value is -2.19. The van der Waals surface area contributed by atoms with Gasteiger partial charge in [0.1, 0.15) is 30.0 Å². The fourth-order valence-electron chi connectivity index (χ4n) is 2.75. The minimum Gasteiger partial charge on any atom is -0.386 e. The van der Waals surface area contributed by atoms with Gasteiger partial charge in [0.25, 0.3) is 0 Å². The van der Waals surface area contributed by atoms with E-state index in [1.807, 2.05) is 0 Å². The number of aliphatic hydroxyl groups is 1. The number of aromatic nitrogens is 3. The molecular weight excluding hydrogens is 332 g/mol. The maximum Gasteiger partial charge on any atom is 0.246 e. The van der Waals surface area contributed by atoms with Crippen LogP contribution in [0.15, 0.2) is 42.9 Å². The van der Waals surface area contributed by atoms with Crippen LogP contribution >= 0.6 is 11.6 Å². The fraction of sp³-hybridized carbons (Fsp3) is 0.250. The normalized spacial score (nSPS) is 22.1. The number of ether oxygens (including phenoxy) is 2. The molecule has 1 aliphatic heterocycles. The Labute approximate surface area is 142 Å². The molecule has 1 fully saturated rings. The third-order valence-electron chi connectivity index (χ3n) is 4.03. The first-order chi connectivity index (χ1) is 11.6. The smallest absolute Gasteiger partial charge is 0.246 e. The molecule has 2 aromatic heterocycles. The SMILES string of the molecule is Nc1ncnc2c1ccn2C1OCC(C(O)c2ccc(Cl)cc2)O1. The fourth-order valence-corrected chi connectivity index (χ4v) is 2.88. The summed E-state index contributed by atoms with van der Waals surface area (Å²) in [6.07, 6.45) is 1.19. The van der Waals surface area contributed by atoms with Gasteiger partial charge in [0.15, 0.2) is 0 Å². The van der Waals surface area contributed by atoms with Gasteiger partial charge in [0.05, 0.1) is 12.0 Å². The number of fused-ring (bicyclic) bond motifs is 1. The molecule has 3 unspecified atom stereocenters. The molecule has 1 aliphatic rings. The van der Waals surface area contributed by atoms with E-state index in [0.29, 0.717) is 16.5 Å². The van der Waals surface area contributed by atoms with E-state index in [4.69, 9.17) is 26.8 Å². The first-order valence-electron chi connectivity index (χ1n) is 7.41. The Bertz CT molecular complexity index is 867. The van der Waals surface area contributed by atoms with Gasteiger partial charge in [-0.1, -0.05) is 23.7 Å². The van der Waals surface area contributed by atoms with Gasteiger partial charge in [-0.3, -0.25) is 4.57 Å². The van der Waals surface area contributed by atoms with Crippen molar-refractivity contribution in [1.82, 2.24) is 14.5 Å². The zero-order valence-corrected chi connectivity index (χ0v) is 13.3. The Morgan fingerprint density at radius 2 is 2.04 bits per heavy atom. The molecule has 4 rings (SSSR count). The van der Waals surface area contributed by atoms with E-state index in [2.05, 4.69) is 9.97 Å². The molecule has 3 atom stereocenters. The summed E-state index contributed by atoms with van der Waals surface area (Å²) < 4.78 is 13.3. The summed E-state index contributed by atoms with van der Waals surface area (Å²) in [6, 6.07) is 8.80. The van der Waals surface area contributed by atoms with Crippen molar-refractivity contribution in [2.75, 3.05) is 12.3 Å². The highest BCUT2D eigenvalue weighted by atomic mass is 35.5. The number of hydrogen-bond acceptors (Lipinski definition) is 6. The molecule has 3 N–H and O–H groups in total. The maximum atomic E-state index is 10.5. The topological polar surface area (TPSA) is 95.4 Å². The summed E-state index contributed by atoms with van der Waals surface area (Å²) in [7, 11) is 0. The number of rotatable bonds is 3. The van der Waals surface area contributed by atoms with Crippen LogP contribution < -0.4 is 5.73 Å². The van der Waals surface area contributed by atoms with Gasteiger partial charge in [-0.25, -0.2) is 9.97 Å². The second-order valence-corrected chi connectivity index (χ2v) is 5.97. The molecule has 0 amide bonds. The van der Waals surface area contributed by atoms with Gasteiger partial charge in [-0.15, -0.1) is 0 Å². The zero-order valence-electron chi connectivity index (χ0n) is 12.5. The molecule has 1 aromatic carbocycles. The molecule has 3 heterocycles. The summed E-state index contributed by atoms with van der Waals surface area (Å²) >= 11 is 5.87. The lowest BCUT2D eigenvalue weighted by atomic mass is 10.1. The number of benzene rings is 1. The highest BCUT2D eigenvalue weighted by Crippen LogP contribution is 2.32. The molecule has 0 saturated carbocycles. The van der Waals surface area contributed by atoms with Gasteiger partial charge in [-0.2, -0.15) is 0 Å². The molecule has 24 heavy (non-hydrogen) atoms. The van der Waals surface area contributed by atoms with Gasteiger partial charge >= 0.3 is 0 Å². The van der Waals surface area contributed by atoms with Crippen molar-refractivity contribution < 1.29 is 14.6 Å². The highest BCUT2D eigenvalue weighted by Gasteiger charge is 2.34. The number of nitrogens with two attached hydrogens (primary N) is 1. The minimum atomic E-state index is -0.811. The van der Waals surface area contributed by atoms with Gasteiger partial charge in [0, 0.05) is 11.2 Å². The third-order valence-corrected chi connectivity index (χ3v) is 4.28. The second kappa shape index (κ2) is 6.03. The quantitative estimate of drug-likeness (QED) is 0.755. The molecule has 3 aromatic rings. The first-order valence-corrected chi connectivity index (χ1v) is 7.79. The monoisotopic (exact) mass is 346 g/mol.